The van der Waals surface area contributed by atoms with Gasteiger partial charge >= 0.3 is 5.97 Å². The van der Waals surface area contributed by atoms with Crippen molar-refractivity contribution in [3.63, 3.8) is 0 Å². The Bertz CT molecular complexity index is 253. The van der Waals surface area contributed by atoms with Crippen LogP contribution in [0.15, 0.2) is 0 Å². The van der Waals surface area contributed by atoms with E-state index in [1.54, 1.807) is 13.8 Å². The molecule has 0 spiro atoms. The lowest BCUT2D eigenvalue weighted by atomic mass is 10.00. The molecule has 13 heavy (non-hydrogen) atoms. The van der Waals surface area contributed by atoms with E-state index >= 15 is 0 Å². The molecule has 1 aliphatic heterocycles. The molecule has 1 fully saturated rings. The van der Waals surface area contributed by atoms with E-state index in [0.717, 1.165) is 4.90 Å². The molecular weight excluding hydrogens is 174 g/mol. The average Bonchev–Trinajstić information content (AvgIpc) is 2.22. The molecular formula is C8H11NO4. The van der Waals surface area contributed by atoms with Crippen LogP contribution >= 0.6 is 0 Å². The van der Waals surface area contributed by atoms with E-state index in [2.05, 4.69) is 0 Å². The Labute approximate surface area is 75.3 Å². The minimum atomic E-state index is -1.16. The van der Waals surface area contributed by atoms with Crippen LogP contribution in [0.3, 0.4) is 0 Å². The number of carbonyl (C=O) groups excluding carboxylic acids is 2. The van der Waals surface area contributed by atoms with E-state index < -0.39 is 24.3 Å². The summed E-state index contributed by atoms with van der Waals surface area (Å²) in [6.45, 7) is 2.74. The van der Waals surface area contributed by atoms with Gasteiger partial charge in [-0.2, -0.15) is 0 Å². The predicted molar refractivity (Wildman–Crippen MR) is 42.7 cm³/mol. The van der Waals surface area contributed by atoms with Gasteiger partial charge in [0, 0.05) is 11.8 Å². The molecule has 1 heterocycles. The molecule has 0 aliphatic carbocycles. The van der Waals surface area contributed by atoms with Crippen molar-refractivity contribution in [2.75, 3.05) is 6.54 Å². The summed E-state index contributed by atoms with van der Waals surface area (Å²) in [5, 5.41) is 8.44. The number of carboxylic acids is 1. The van der Waals surface area contributed by atoms with Crippen molar-refractivity contribution in [2.45, 2.75) is 13.8 Å². The van der Waals surface area contributed by atoms with Gasteiger partial charge in [0.1, 0.15) is 6.54 Å². The minimum Gasteiger partial charge on any atom is -0.480 e. The summed E-state index contributed by atoms with van der Waals surface area (Å²) in [4.78, 5) is 33.7. The lowest BCUT2D eigenvalue weighted by Gasteiger charge is -2.10. The van der Waals surface area contributed by atoms with Crippen LogP contribution < -0.4 is 0 Å². The van der Waals surface area contributed by atoms with Crippen LogP contribution in [-0.2, 0) is 14.4 Å². The van der Waals surface area contributed by atoms with E-state index in [1.807, 2.05) is 0 Å². The summed E-state index contributed by atoms with van der Waals surface area (Å²) in [7, 11) is 0. The molecule has 2 atom stereocenters. The fourth-order valence-corrected chi connectivity index (χ4v) is 1.32. The number of hydrogen-bond donors (Lipinski definition) is 1. The molecule has 0 unspecified atom stereocenters. The molecule has 0 bridgehead atoms. The maximum Gasteiger partial charge on any atom is 0.323 e. The third-order valence-corrected chi connectivity index (χ3v) is 2.35. The molecule has 72 valence electrons. The highest BCUT2D eigenvalue weighted by atomic mass is 16.4. The number of amides is 2. The Morgan fingerprint density at radius 3 is 2.00 bits per heavy atom. The Morgan fingerprint density at radius 1 is 1.31 bits per heavy atom. The first-order valence-electron chi connectivity index (χ1n) is 4.02. The molecule has 5 nitrogen and oxygen atoms in total. The molecule has 5 heteroatoms. The zero-order valence-electron chi connectivity index (χ0n) is 7.48. The molecule has 0 saturated carbocycles. The molecule has 0 aromatic rings. The van der Waals surface area contributed by atoms with Gasteiger partial charge in [0.05, 0.1) is 0 Å². The number of imide groups is 1. The fourth-order valence-electron chi connectivity index (χ4n) is 1.32. The van der Waals surface area contributed by atoms with Crippen LogP contribution in [0.4, 0.5) is 0 Å². The average molecular weight is 185 g/mol. The quantitative estimate of drug-likeness (QED) is 0.600. The summed E-state index contributed by atoms with van der Waals surface area (Å²) < 4.78 is 0. The maximum atomic E-state index is 11.3. The second-order valence-electron chi connectivity index (χ2n) is 3.23. The first-order valence-corrected chi connectivity index (χ1v) is 4.02. The van der Waals surface area contributed by atoms with Crippen molar-refractivity contribution >= 4 is 17.8 Å². The number of carbonyl (C=O) groups is 3. The normalized spacial score (nSPS) is 28.3. The first kappa shape index (κ1) is 9.70. The molecule has 0 aromatic carbocycles. The van der Waals surface area contributed by atoms with E-state index in [1.165, 1.54) is 0 Å². The summed E-state index contributed by atoms with van der Waals surface area (Å²) >= 11 is 0. The van der Waals surface area contributed by atoms with Crippen LogP contribution in [0.1, 0.15) is 13.8 Å². The predicted octanol–water partition coefficient (Wildman–Crippen LogP) is -0.288. The lowest BCUT2D eigenvalue weighted by molar-refractivity contribution is -0.149. The maximum absolute atomic E-state index is 11.3. The van der Waals surface area contributed by atoms with Gasteiger partial charge in [-0.15, -0.1) is 0 Å². The SMILES string of the molecule is C[C@@H]1C(=O)N(CC(=O)O)C(=O)[C@@H]1C. The van der Waals surface area contributed by atoms with Gasteiger partial charge in [0.25, 0.3) is 0 Å². The zero-order valence-corrected chi connectivity index (χ0v) is 7.48. The third-order valence-electron chi connectivity index (χ3n) is 2.35. The lowest BCUT2D eigenvalue weighted by Crippen LogP contribution is -2.35. The second kappa shape index (κ2) is 3.16. The monoisotopic (exact) mass is 185 g/mol. The largest absolute Gasteiger partial charge is 0.480 e. The van der Waals surface area contributed by atoms with Crippen LogP contribution in [-0.4, -0.2) is 34.3 Å². The number of rotatable bonds is 2. The van der Waals surface area contributed by atoms with Crippen molar-refractivity contribution in [1.82, 2.24) is 4.90 Å². The van der Waals surface area contributed by atoms with Crippen molar-refractivity contribution in [2.24, 2.45) is 11.8 Å². The smallest absolute Gasteiger partial charge is 0.323 e. The Balaban J connectivity index is 2.81. The number of aliphatic carboxylic acids is 1. The first-order chi connectivity index (χ1) is 5.95. The van der Waals surface area contributed by atoms with E-state index in [0.29, 0.717) is 0 Å². The highest BCUT2D eigenvalue weighted by Gasteiger charge is 2.42. The van der Waals surface area contributed by atoms with Gasteiger partial charge in [0.15, 0.2) is 0 Å². The van der Waals surface area contributed by atoms with Crippen molar-refractivity contribution in [3.05, 3.63) is 0 Å². The van der Waals surface area contributed by atoms with Gasteiger partial charge in [-0.25, -0.2) is 0 Å². The Morgan fingerprint density at radius 2 is 1.69 bits per heavy atom. The molecule has 1 saturated heterocycles. The van der Waals surface area contributed by atoms with Crippen molar-refractivity contribution < 1.29 is 19.5 Å². The topological polar surface area (TPSA) is 74.7 Å². The number of likely N-dealkylation sites (tertiary alicyclic amines) is 1. The van der Waals surface area contributed by atoms with Crippen molar-refractivity contribution in [3.8, 4) is 0 Å². The summed E-state index contributed by atoms with van der Waals surface area (Å²) in [5.74, 6) is -2.73. The highest BCUT2D eigenvalue weighted by Crippen LogP contribution is 2.24. The number of nitrogens with zero attached hydrogens (tertiary/aromatic N) is 1. The molecule has 0 aromatic heterocycles. The summed E-state index contributed by atoms with van der Waals surface area (Å²) in [6, 6.07) is 0. The summed E-state index contributed by atoms with van der Waals surface area (Å²) in [6.07, 6.45) is 0. The second-order valence-corrected chi connectivity index (χ2v) is 3.23. The summed E-state index contributed by atoms with van der Waals surface area (Å²) in [5.41, 5.74) is 0. The zero-order chi connectivity index (χ0) is 10.2. The van der Waals surface area contributed by atoms with E-state index in [4.69, 9.17) is 5.11 Å². The van der Waals surface area contributed by atoms with Gasteiger partial charge in [0.2, 0.25) is 11.8 Å². The standard InChI is InChI=1S/C8H11NO4/c1-4-5(2)8(13)9(7(4)12)3-6(10)11/h4-5H,3H2,1-2H3,(H,10,11)/t4-,5+. The molecule has 1 N–H and O–H groups in total. The van der Waals surface area contributed by atoms with Gasteiger partial charge < -0.3 is 5.11 Å². The molecule has 1 aliphatic rings. The number of carboxylic acid groups (broad SMARTS) is 1. The van der Waals surface area contributed by atoms with Gasteiger partial charge in [-0.3, -0.25) is 19.3 Å². The van der Waals surface area contributed by atoms with Crippen LogP contribution in [0.25, 0.3) is 0 Å². The van der Waals surface area contributed by atoms with E-state index in [-0.39, 0.29) is 11.8 Å². The van der Waals surface area contributed by atoms with Crippen LogP contribution in [0, 0.1) is 11.8 Å². The van der Waals surface area contributed by atoms with Crippen LogP contribution in [0.5, 0.6) is 0 Å². The minimum absolute atomic E-state index is 0.389. The fraction of sp³-hybridized carbons (Fsp3) is 0.625. The Hall–Kier alpha value is -1.39. The molecule has 1 rings (SSSR count). The number of hydrogen-bond acceptors (Lipinski definition) is 3. The molecule has 0 radical (unpaired) electrons. The van der Waals surface area contributed by atoms with Gasteiger partial charge in [-0.1, -0.05) is 13.8 Å². The molecule has 2 amide bonds. The van der Waals surface area contributed by atoms with Crippen LogP contribution in [0.2, 0.25) is 0 Å². The van der Waals surface area contributed by atoms with E-state index in [9.17, 15) is 14.4 Å². The highest BCUT2D eigenvalue weighted by molar-refractivity contribution is 6.06. The third kappa shape index (κ3) is 1.54. The Kier molecular flexibility index (Phi) is 2.36. The van der Waals surface area contributed by atoms with Gasteiger partial charge in [-0.05, 0) is 0 Å². The van der Waals surface area contributed by atoms with Crippen molar-refractivity contribution in [1.29, 1.82) is 0 Å².